The van der Waals surface area contributed by atoms with Crippen LogP contribution < -0.4 is 10.5 Å². The quantitative estimate of drug-likeness (QED) is 0.870. The summed E-state index contributed by atoms with van der Waals surface area (Å²) in [6.07, 6.45) is 0. The predicted molar refractivity (Wildman–Crippen MR) is 59.4 cm³/mol. The van der Waals surface area contributed by atoms with Crippen molar-refractivity contribution in [2.75, 3.05) is 13.7 Å². The van der Waals surface area contributed by atoms with Gasteiger partial charge < -0.3 is 15.6 Å². The van der Waals surface area contributed by atoms with E-state index in [0.717, 1.165) is 21.3 Å². The lowest BCUT2D eigenvalue weighted by atomic mass is 10.0. The average Bonchev–Trinajstić information content (AvgIpc) is 2.19. The molecule has 1 aromatic carbocycles. The molecule has 0 aromatic heterocycles. The van der Waals surface area contributed by atoms with Gasteiger partial charge in [-0.2, -0.15) is 0 Å². The lowest BCUT2D eigenvalue weighted by Crippen LogP contribution is -2.15. The summed E-state index contributed by atoms with van der Waals surface area (Å²) in [6, 6.07) is 3.45. The highest BCUT2D eigenvalue weighted by molar-refractivity contribution is 9.10. The highest BCUT2D eigenvalue weighted by Gasteiger charge is 2.11. The zero-order valence-electron chi connectivity index (χ0n) is 8.25. The van der Waals surface area contributed by atoms with E-state index in [4.69, 9.17) is 15.6 Å². The summed E-state index contributed by atoms with van der Waals surface area (Å²) >= 11 is 3.38. The number of aliphatic hydroxyl groups is 1. The number of methoxy groups -OCH3 is 1. The molecule has 4 heteroatoms. The molecule has 0 amide bonds. The van der Waals surface area contributed by atoms with Crippen LogP contribution in [0.3, 0.4) is 0 Å². The largest absolute Gasteiger partial charge is 0.496 e. The third-order valence-electron chi connectivity index (χ3n) is 2.14. The van der Waals surface area contributed by atoms with Crippen molar-refractivity contribution < 1.29 is 9.84 Å². The van der Waals surface area contributed by atoms with Crippen LogP contribution in [0.2, 0.25) is 0 Å². The van der Waals surface area contributed by atoms with Gasteiger partial charge in [0.25, 0.3) is 0 Å². The number of aliphatic hydroxyl groups excluding tert-OH is 1. The molecule has 0 bridgehead atoms. The van der Waals surface area contributed by atoms with Crippen molar-refractivity contribution in [1.82, 2.24) is 0 Å². The Bertz CT molecular complexity index is 328. The number of aryl methyl sites for hydroxylation is 1. The van der Waals surface area contributed by atoms with Crippen LogP contribution in [-0.4, -0.2) is 18.8 Å². The molecule has 0 saturated heterocycles. The molecule has 0 aliphatic rings. The van der Waals surface area contributed by atoms with E-state index in [-0.39, 0.29) is 12.6 Å². The first kappa shape index (κ1) is 11.5. The van der Waals surface area contributed by atoms with Gasteiger partial charge >= 0.3 is 0 Å². The first-order valence-corrected chi connectivity index (χ1v) is 5.10. The first-order valence-electron chi connectivity index (χ1n) is 4.30. The van der Waals surface area contributed by atoms with E-state index in [9.17, 15) is 0 Å². The molecule has 1 unspecified atom stereocenters. The van der Waals surface area contributed by atoms with E-state index in [1.807, 2.05) is 19.1 Å². The van der Waals surface area contributed by atoms with Crippen molar-refractivity contribution >= 4 is 15.9 Å². The third kappa shape index (κ3) is 2.26. The number of rotatable bonds is 3. The van der Waals surface area contributed by atoms with Gasteiger partial charge in [-0.3, -0.25) is 0 Å². The Morgan fingerprint density at radius 2 is 2.21 bits per heavy atom. The van der Waals surface area contributed by atoms with Gasteiger partial charge in [-0.15, -0.1) is 0 Å². The highest BCUT2D eigenvalue weighted by atomic mass is 79.9. The van der Waals surface area contributed by atoms with Crippen molar-refractivity contribution in [1.29, 1.82) is 0 Å². The number of hydrogen-bond donors (Lipinski definition) is 2. The summed E-state index contributed by atoms with van der Waals surface area (Å²) in [7, 11) is 1.62. The van der Waals surface area contributed by atoms with E-state index in [1.165, 1.54) is 0 Å². The number of ether oxygens (including phenoxy) is 1. The minimum absolute atomic E-state index is 0.0559. The number of benzene rings is 1. The van der Waals surface area contributed by atoms with Gasteiger partial charge in [-0.25, -0.2) is 0 Å². The molecule has 14 heavy (non-hydrogen) atoms. The maximum atomic E-state index is 8.96. The standard InChI is InChI=1S/C10H14BrNO2/c1-6-3-10(14-2)8(11)4-7(6)9(12)5-13/h3-4,9,13H,5,12H2,1-2H3. The minimum Gasteiger partial charge on any atom is -0.496 e. The summed E-state index contributed by atoms with van der Waals surface area (Å²) in [5.74, 6) is 0.774. The molecule has 0 aliphatic carbocycles. The second kappa shape index (κ2) is 4.77. The fourth-order valence-electron chi connectivity index (χ4n) is 1.32. The van der Waals surface area contributed by atoms with E-state index < -0.39 is 0 Å². The average molecular weight is 260 g/mol. The SMILES string of the molecule is COc1cc(C)c(C(N)CO)cc1Br. The van der Waals surface area contributed by atoms with Crippen LogP contribution in [0.1, 0.15) is 17.2 Å². The van der Waals surface area contributed by atoms with Crippen molar-refractivity contribution in [2.24, 2.45) is 5.73 Å². The molecule has 0 saturated carbocycles. The van der Waals surface area contributed by atoms with Crippen molar-refractivity contribution in [2.45, 2.75) is 13.0 Å². The molecule has 0 spiro atoms. The first-order chi connectivity index (χ1) is 6.60. The molecule has 3 nitrogen and oxygen atoms in total. The molecule has 3 N–H and O–H groups in total. The zero-order chi connectivity index (χ0) is 10.7. The number of nitrogens with two attached hydrogens (primary N) is 1. The van der Waals surface area contributed by atoms with E-state index in [2.05, 4.69) is 15.9 Å². The van der Waals surface area contributed by atoms with Crippen molar-refractivity contribution in [3.8, 4) is 5.75 Å². The molecular formula is C10H14BrNO2. The van der Waals surface area contributed by atoms with Crippen molar-refractivity contribution in [3.63, 3.8) is 0 Å². The number of halogens is 1. The predicted octanol–water partition coefficient (Wildman–Crippen LogP) is 1.76. The lowest BCUT2D eigenvalue weighted by Gasteiger charge is -2.14. The molecule has 1 rings (SSSR count). The second-order valence-corrected chi connectivity index (χ2v) is 3.99. The van der Waals surface area contributed by atoms with Crippen LogP contribution in [-0.2, 0) is 0 Å². The smallest absolute Gasteiger partial charge is 0.133 e. The summed E-state index contributed by atoms with van der Waals surface area (Å²) in [5.41, 5.74) is 7.69. The lowest BCUT2D eigenvalue weighted by molar-refractivity contribution is 0.267. The Kier molecular flexibility index (Phi) is 3.92. The molecule has 0 fully saturated rings. The maximum absolute atomic E-state index is 8.96. The van der Waals surface area contributed by atoms with Gasteiger partial charge in [0.05, 0.1) is 24.2 Å². The molecule has 0 aliphatic heterocycles. The molecule has 1 aromatic rings. The third-order valence-corrected chi connectivity index (χ3v) is 2.76. The Morgan fingerprint density at radius 1 is 1.57 bits per heavy atom. The normalized spacial score (nSPS) is 12.6. The van der Waals surface area contributed by atoms with Crippen LogP contribution >= 0.6 is 15.9 Å². The van der Waals surface area contributed by atoms with Crippen LogP contribution in [0.5, 0.6) is 5.75 Å². The zero-order valence-corrected chi connectivity index (χ0v) is 9.84. The molecular weight excluding hydrogens is 246 g/mol. The summed E-state index contributed by atoms with van der Waals surface area (Å²) in [5, 5.41) is 8.96. The van der Waals surface area contributed by atoms with Gasteiger partial charge in [-0.05, 0) is 46.1 Å². The fourth-order valence-corrected chi connectivity index (χ4v) is 1.85. The molecule has 0 radical (unpaired) electrons. The summed E-state index contributed by atoms with van der Waals surface area (Å²) in [4.78, 5) is 0. The molecule has 1 atom stereocenters. The second-order valence-electron chi connectivity index (χ2n) is 3.13. The Balaban J connectivity index is 3.14. The van der Waals surface area contributed by atoms with Crippen LogP contribution in [0.4, 0.5) is 0 Å². The van der Waals surface area contributed by atoms with E-state index in [0.29, 0.717) is 0 Å². The highest BCUT2D eigenvalue weighted by Crippen LogP contribution is 2.30. The van der Waals surface area contributed by atoms with Gasteiger partial charge in [0.2, 0.25) is 0 Å². The molecule has 0 heterocycles. The molecule has 78 valence electrons. The van der Waals surface area contributed by atoms with Crippen LogP contribution in [0, 0.1) is 6.92 Å². The van der Waals surface area contributed by atoms with Crippen LogP contribution in [0.25, 0.3) is 0 Å². The topological polar surface area (TPSA) is 55.5 Å². The minimum atomic E-state index is -0.336. The van der Waals surface area contributed by atoms with E-state index in [1.54, 1.807) is 7.11 Å². The Labute approximate surface area is 92.0 Å². The van der Waals surface area contributed by atoms with Gasteiger partial charge in [0.1, 0.15) is 5.75 Å². The van der Waals surface area contributed by atoms with Gasteiger partial charge in [0.15, 0.2) is 0 Å². The monoisotopic (exact) mass is 259 g/mol. The summed E-state index contributed by atoms with van der Waals surface area (Å²) in [6.45, 7) is 1.89. The Hall–Kier alpha value is -0.580. The van der Waals surface area contributed by atoms with Crippen LogP contribution in [0.15, 0.2) is 16.6 Å². The van der Waals surface area contributed by atoms with Crippen molar-refractivity contribution in [3.05, 3.63) is 27.7 Å². The summed E-state index contributed by atoms with van der Waals surface area (Å²) < 4.78 is 6.00. The van der Waals surface area contributed by atoms with Gasteiger partial charge in [-0.1, -0.05) is 0 Å². The Morgan fingerprint density at radius 3 is 2.71 bits per heavy atom. The maximum Gasteiger partial charge on any atom is 0.133 e. The van der Waals surface area contributed by atoms with Gasteiger partial charge in [0, 0.05) is 0 Å². The number of hydrogen-bond acceptors (Lipinski definition) is 3. The van der Waals surface area contributed by atoms with E-state index >= 15 is 0 Å². The fraction of sp³-hybridized carbons (Fsp3) is 0.400.